The van der Waals surface area contributed by atoms with Gasteiger partial charge in [0, 0.05) is 7.05 Å². The lowest BCUT2D eigenvalue weighted by molar-refractivity contribution is -0.130. The van der Waals surface area contributed by atoms with Gasteiger partial charge in [-0.3, -0.25) is 4.79 Å². The second-order valence-corrected chi connectivity index (χ2v) is 5.95. The van der Waals surface area contributed by atoms with Crippen LogP contribution in [0.5, 0.6) is 11.5 Å². The van der Waals surface area contributed by atoms with Crippen LogP contribution < -0.4 is 9.47 Å². The van der Waals surface area contributed by atoms with Gasteiger partial charge in [0.25, 0.3) is 0 Å². The molecule has 3 rings (SSSR count). The van der Waals surface area contributed by atoms with E-state index >= 15 is 0 Å². The number of benzene rings is 2. The van der Waals surface area contributed by atoms with Gasteiger partial charge in [-0.05, 0) is 29.8 Å². The first-order valence-electron chi connectivity index (χ1n) is 7.97. The Morgan fingerprint density at radius 3 is 2.68 bits per heavy atom. The molecule has 0 saturated carbocycles. The quantitative estimate of drug-likeness (QED) is 0.902. The van der Waals surface area contributed by atoms with E-state index in [1.54, 1.807) is 24.1 Å². The third-order valence-corrected chi connectivity index (χ3v) is 4.00. The van der Waals surface area contributed by atoms with Crippen LogP contribution in [0.15, 0.2) is 48.5 Å². The van der Waals surface area contributed by atoms with Gasteiger partial charge in [0.1, 0.15) is 6.61 Å². The van der Waals surface area contributed by atoms with Crippen LogP contribution in [0.1, 0.15) is 15.9 Å². The van der Waals surface area contributed by atoms with Gasteiger partial charge in [-0.25, -0.2) is 4.79 Å². The molecule has 0 spiro atoms. The largest absolute Gasteiger partial charge is 0.486 e. The average Bonchev–Trinajstić information content (AvgIpc) is 2.61. The first kappa shape index (κ1) is 16.8. The molecule has 0 unspecified atom stereocenters. The molecule has 0 saturated heterocycles. The van der Waals surface area contributed by atoms with Crippen LogP contribution in [0.25, 0.3) is 0 Å². The van der Waals surface area contributed by atoms with Gasteiger partial charge in [-0.1, -0.05) is 24.3 Å². The highest BCUT2D eigenvalue weighted by atomic mass is 16.6. The molecular weight excluding hydrogens is 322 g/mol. The zero-order valence-electron chi connectivity index (χ0n) is 13.8. The van der Waals surface area contributed by atoms with Gasteiger partial charge in [0.2, 0.25) is 5.91 Å². The molecule has 1 aliphatic heterocycles. The molecule has 1 amide bonds. The van der Waals surface area contributed by atoms with Crippen LogP contribution in [0.3, 0.4) is 0 Å². The van der Waals surface area contributed by atoms with Crippen LogP contribution in [0.4, 0.5) is 0 Å². The number of hydrogen-bond acceptors (Lipinski definition) is 4. The third-order valence-electron chi connectivity index (χ3n) is 4.00. The monoisotopic (exact) mass is 341 g/mol. The standard InChI is InChI=1S/C19H19NO5/c1-20(11-15-12-24-16-7-2-3-8-17(16)25-15)18(21)10-13-5-4-6-14(9-13)19(22)23/h2-9,15H,10-12H2,1H3,(H,22,23)/t15-/m0/s1. The average molecular weight is 341 g/mol. The molecule has 1 heterocycles. The van der Waals surface area contributed by atoms with Crippen molar-refractivity contribution < 1.29 is 24.2 Å². The van der Waals surface area contributed by atoms with Crippen LogP contribution >= 0.6 is 0 Å². The lowest BCUT2D eigenvalue weighted by Gasteiger charge is -2.29. The summed E-state index contributed by atoms with van der Waals surface area (Å²) in [7, 11) is 1.70. The summed E-state index contributed by atoms with van der Waals surface area (Å²) in [6.07, 6.45) is -0.101. The van der Waals surface area contributed by atoms with E-state index < -0.39 is 5.97 Å². The fourth-order valence-corrected chi connectivity index (χ4v) is 2.68. The summed E-state index contributed by atoms with van der Waals surface area (Å²) in [5.74, 6) is 0.269. The fraction of sp³-hybridized carbons (Fsp3) is 0.263. The highest BCUT2D eigenvalue weighted by Gasteiger charge is 2.23. The number of carboxylic acids is 1. The van der Waals surface area contributed by atoms with Crippen LogP contribution in [-0.4, -0.2) is 48.2 Å². The van der Waals surface area contributed by atoms with Gasteiger partial charge in [0.15, 0.2) is 17.6 Å². The Balaban J connectivity index is 1.58. The van der Waals surface area contributed by atoms with Crippen molar-refractivity contribution >= 4 is 11.9 Å². The van der Waals surface area contributed by atoms with Crippen molar-refractivity contribution in [2.24, 2.45) is 0 Å². The number of nitrogens with zero attached hydrogens (tertiary/aromatic N) is 1. The molecule has 1 N–H and O–H groups in total. The second-order valence-electron chi connectivity index (χ2n) is 5.95. The number of amides is 1. The molecule has 1 atom stereocenters. The van der Waals surface area contributed by atoms with E-state index in [9.17, 15) is 9.59 Å². The summed E-state index contributed by atoms with van der Waals surface area (Å²) in [5.41, 5.74) is 0.844. The molecule has 6 heteroatoms. The molecule has 0 bridgehead atoms. The normalized spacial score (nSPS) is 15.5. The Morgan fingerprint density at radius 1 is 1.16 bits per heavy atom. The van der Waals surface area contributed by atoms with E-state index in [0.717, 1.165) is 0 Å². The molecule has 130 valence electrons. The van der Waals surface area contributed by atoms with E-state index in [1.165, 1.54) is 12.1 Å². The second kappa shape index (κ2) is 7.25. The molecule has 2 aromatic carbocycles. The van der Waals surface area contributed by atoms with Crippen molar-refractivity contribution in [3.05, 3.63) is 59.7 Å². The van der Waals surface area contributed by atoms with E-state index in [2.05, 4.69) is 0 Å². The minimum Gasteiger partial charge on any atom is -0.486 e. The number of rotatable bonds is 5. The summed E-state index contributed by atoms with van der Waals surface area (Å²) in [4.78, 5) is 25.0. The molecule has 1 aliphatic rings. The Morgan fingerprint density at radius 2 is 1.92 bits per heavy atom. The minimum absolute atomic E-state index is 0.106. The summed E-state index contributed by atoms with van der Waals surface area (Å²) in [6.45, 7) is 0.773. The highest BCUT2D eigenvalue weighted by molar-refractivity contribution is 5.88. The van der Waals surface area contributed by atoms with Crippen molar-refractivity contribution in [1.29, 1.82) is 0 Å². The summed E-state index contributed by atoms with van der Waals surface area (Å²) in [5, 5.41) is 9.02. The topological polar surface area (TPSA) is 76.1 Å². The Labute approximate surface area is 145 Å². The van der Waals surface area contributed by atoms with E-state index in [1.807, 2.05) is 24.3 Å². The first-order valence-corrected chi connectivity index (χ1v) is 7.97. The maximum atomic E-state index is 12.4. The zero-order chi connectivity index (χ0) is 17.8. The molecule has 6 nitrogen and oxygen atoms in total. The number of fused-ring (bicyclic) bond motifs is 1. The third kappa shape index (κ3) is 4.09. The van der Waals surface area contributed by atoms with E-state index in [0.29, 0.717) is 30.2 Å². The summed E-state index contributed by atoms with van der Waals surface area (Å²) in [6, 6.07) is 13.8. The summed E-state index contributed by atoms with van der Waals surface area (Å²) >= 11 is 0. The molecule has 0 radical (unpaired) electrons. The molecule has 2 aromatic rings. The molecule has 25 heavy (non-hydrogen) atoms. The number of carbonyl (C=O) groups is 2. The first-order chi connectivity index (χ1) is 12.0. The highest BCUT2D eigenvalue weighted by Crippen LogP contribution is 2.30. The Bertz CT molecular complexity index is 789. The maximum Gasteiger partial charge on any atom is 0.335 e. The molecule has 0 fully saturated rings. The van der Waals surface area contributed by atoms with Crippen molar-refractivity contribution in [2.75, 3.05) is 20.2 Å². The lowest BCUT2D eigenvalue weighted by atomic mass is 10.1. The molecule has 0 aromatic heterocycles. The van der Waals surface area contributed by atoms with E-state index in [-0.39, 0.29) is 24.0 Å². The fourth-order valence-electron chi connectivity index (χ4n) is 2.68. The van der Waals surface area contributed by atoms with Gasteiger partial charge in [-0.2, -0.15) is 0 Å². The predicted molar refractivity (Wildman–Crippen MR) is 91.1 cm³/mol. The minimum atomic E-state index is -1.01. The zero-order valence-corrected chi connectivity index (χ0v) is 13.8. The van der Waals surface area contributed by atoms with Crippen LogP contribution in [0, 0.1) is 0 Å². The van der Waals surface area contributed by atoms with Crippen molar-refractivity contribution in [3.8, 4) is 11.5 Å². The predicted octanol–water partition coefficient (Wildman–Crippen LogP) is 2.23. The van der Waals surface area contributed by atoms with E-state index in [4.69, 9.17) is 14.6 Å². The number of hydrogen-bond donors (Lipinski definition) is 1. The number of ether oxygens (including phenoxy) is 2. The van der Waals surface area contributed by atoms with Gasteiger partial charge < -0.3 is 19.5 Å². The number of likely N-dealkylation sites (N-methyl/N-ethyl adjacent to an activating group) is 1. The summed E-state index contributed by atoms with van der Waals surface area (Å²) < 4.78 is 11.5. The smallest absolute Gasteiger partial charge is 0.335 e. The number of aromatic carboxylic acids is 1. The van der Waals surface area contributed by atoms with Gasteiger partial charge >= 0.3 is 5.97 Å². The molecular formula is C19H19NO5. The Hall–Kier alpha value is -3.02. The van der Waals surface area contributed by atoms with Crippen LogP contribution in [0.2, 0.25) is 0 Å². The number of carboxylic acid groups (broad SMARTS) is 1. The lowest BCUT2D eigenvalue weighted by Crippen LogP contribution is -2.42. The van der Waals surface area contributed by atoms with Crippen molar-refractivity contribution in [3.63, 3.8) is 0 Å². The van der Waals surface area contributed by atoms with Crippen molar-refractivity contribution in [2.45, 2.75) is 12.5 Å². The number of para-hydroxylation sites is 2. The maximum absolute atomic E-state index is 12.4. The SMILES string of the molecule is CN(C[C@H]1COc2ccccc2O1)C(=O)Cc1cccc(C(=O)O)c1. The molecule has 0 aliphatic carbocycles. The van der Waals surface area contributed by atoms with Crippen LogP contribution in [-0.2, 0) is 11.2 Å². The number of carbonyl (C=O) groups excluding carboxylic acids is 1. The van der Waals surface area contributed by atoms with Crippen molar-refractivity contribution in [1.82, 2.24) is 4.90 Å². The van der Waals surface area contributed by atoms with Gasteiger partial charge in [0.05, 0.1) is 18.5 Å². The van der Waals surface area contributed by atoms with Gasteiger partial charge in [-0.15, -0.1) is 0 Å². The Kier molecular flexibility index (Phi) is 4.88.